The number of carbonyl (C=O) groups excluding carboxylic acids is 2. The molecule has 0 fully saturated rings. The Morgan fingerprint density at radius 3 is 2.69 bits per heavy atom. The highest BCUT2D eigenvalue weighted by atomic mass is 32.2. The van der Waals surface area contributed by atoms with Crippen LogP contribution in [0.5, 0.6) is 11.5 Å². The van der Waals surface area contributed by atoms with Gasteiger partial charge in [0.1, 0.15) is 5.60 Å². The minimum absolute atomic E-state index is 0.326. The van der Waals surface area contributed by atoms with Gasteiger partial charge in [-0.3, -0.25) is 0 Å². The maximum Gasteiger partial charge on any atom is 0.426 e. The van der Waals surface area contributed by atoms with Crippen molar-refractivity contribution in [3.8, 4) is 11.5 Å². The number of hydrogen-bond acceptors (Lipinski definition) is 6. The van der Waals surface area contributed by atoms with Crippen LogP contribution in [0.1, 0.15) is 39.2 Å². The second kappa shape index (κ2) is 8.53. The number of nitrogens with zero attached hydrogens (tertiary/aromatic N) is 2. The lowest BCUT2D eigenvalue weighted by atomic mass is 10.0. The first kappa shape index (κ1) is 20.2. The molecule has 1 aliphatic rings. The first-order valence-corrected chi connectivity index (χ1v) is 9.30. The molecule has 0 saturated heterocycles. The summed E-state index contributed by atoms with van der Waals surface area (Å²) >= 11 is 0.955. The molecule has 0 unspecified atom stereocenters. The number of carbonyl (C=O) groups is 2. The van der Waals surface area contributed by atoms with Crippen molar-refractivity contribution < 1.29 is 23.8 Å². The number of ether oxygens (including phenoxy) is 3. The predicted octanol–water partition coefficient (Wildman–Crippen LogP) is 4.26. The molecule has 2 rings (SSSR count). The van der Waals surface area contributed by atoms with Crippen molar-refractivity contribution in [2.75, 3.05) is 20.7 Å². The van der Waals surface area contributed by atoms with E-state index < -0.39 is 12.2 Å². The van der Waals surface area contributed by atoms with Crippen molar-refractivity contribution in [2.45, 2.75) is 45.6 Å². The molecular weight excluding hydrogens is 356 g/mol. The molecule has 0 aromatic heterocycles. The molecule has 0 spiro atoms. The molecule has 144 valence electrons. The van der Waals surface area contributed by atoms with Crippen LogP contribution < -0.4 is 9.47 Å². The number of hydrogen-bond donors (Lipinski definition) is 0. The molecule has 8 heteroatoms. The lowest BCUT2D eigenvalue weighted by molar-refractivity contribution is 0.131. The highest BCUT2D eigenvalue weighted by Crippen LogP contribution is 2.42. The molecule has 0 aliphatic carbocycles. The largest absolute Gasteiger partial charge is 0.483 e. The molecule has 0 saturated carbocycles. The Morgan fingerprint density at radius 2 is 2.04 bits per heavy atom. The quantitative estimate of drug-likeness (QED) is 0.685. The van der Waals surface area contributed by atoms with E-state index >= 15 is 0 Å². The molecule has 1 aromatic carbocycles. The van der Waals surface area contributed by atoms with E-state index in [0.29, 0.717) is 18.0 Å². The van der Waals surface area contributed by atoms with E-state index in [2.05, 4.69) is 0 Å². The normalized spacial score (nSPS) is 14.2. The first-order chi connectivity index (χ1) is 12.3. The van der Waals surface area contributed by atoms with Gasteiger partial charge in [-0.1, -0.05) is 25.5 Å². The zero-order valence-electron chi connectivity index (χ0n) is 15.9. The number of para-hydroxylation sites is 1. The summed E-state index contributed by atoms with van der Waals surface area (Å²) in [5.74, 6) is 0.976. The van der Waals surface area contributed by atoms with Gasteiger partial charge < -0.3 is 14.2 Å². The Morgan fingerprint density at radius 1 is 1.31 bits per heavy atom. The van der Waals surface area contributed by atoms with Gasteiger partial charge in [0.2, 0.25) is 0 Å². The SMILES string of the molecule is CCCCN(SN(C)C(=O)Oc1cccc2c1OC(C)(C)C2)C(=O)OC. The summed E-state index contributed by atoms with van der Waals surface area (Å²) in [5.41, 5.74) is 0.683. The fourth-order valence-electron chi connectivity index (χ4n) is 2.58. The molecule has 0 atom stereocenters. The average molecular weight is 382 g/mol. The molecular formula is C18H26N2O5S. The van der Waals surface area contributed by atoms with Crippen LogP contribution >= 0.6 is 12.1 Å². The number of amides is 2. The first-order valence-electron chi connectivity index (χ1n) is 8.57. The van der Waals surface area contributed by atoms with Crippen molar-refractivity contribution >= 4 is 24.3 Å². The monoisotopic (exact) mass is 382 g/mol. The summed E-state index contributed by atoms with van der Waals surface area (Å²) in [6.07, 6.45) is 1.38. The van der Waals surface area contributed by atoms with Crippen molar-refractivity contribution in [3.05, 3.63) is 23.8 Å². The van der Waals surface area contributed by atoms with Gasteiger partial charge in [-0.05, 0) is 26.3 Å². The standard InChI is InChI=1S/C18H26N2O5S/c1-6-7-11-20(17(22)23-5)26-19(4)16(21)24-14-10-8-9-13-12-18(2,3)25-15(13)14/h8-10H,6-7,11-12H2,1-5H3. The van der Waals surface area contributed by atoms with E-state index in [1.54, 1.807) is 13.1 Å². The topological polar surface area (TPSA) is 68.3 Å². The average Bonchev–Trinajstić information content (AvgIpc) is 2.92. The van der Waals surface area contributed by atoms with Crippen molar-refractivity contribution in [3.63, 3.8) is 0 Å². The Balaban J connectivity index is 2.04. The Bertz CT molecular complexity index is 665. The van der Waals surface area contributed by atoms with Crippen LogP contribution in [-0.2, 0) is 11.2 Å². The van der Waals surface area contributed by atoms with Crippen LogP contribution in [-0.4, -0.2) is 47.1 Å². The van der Waals surface area contributed by atoms with Gasteiger partial charge in [0, 0.05) is 25.6 Å². The Kier molecular flexibility index (Phi) is 6.63. The zero-order valence-corrected chi connectivity index (χ0v) is 16.7. The zero-order chi connectivity index (χ0) is 19.3. The Labute approximate surface area is 158 Å². The summed E-state index contributed by atoms with van der Waals surface area (Å²) in [6, 6.07) is 5.50. The molecule has 0 bridgehead atoms. The molecule has 0 radical (unpaired) electrons. The molecule has 7 nitrogen and oxygen atoms in total. The van der Waals surface area contributed by atoms with Gasteiger partial charge in [0.05, 0.1) is 19.2 Å². The van der Waals surface area contributed by atoms with Crippen LogP contribution in [0.4, 0.5) is 9.59 Å². The number of fused-ring (bicyclic) bond motifs is 1. The van der Waals surface area contributed by atoms with Crippen molar-refractivity contribution in [1.82, 2.24) is 8.61 Å². The fourth-order valence-corrected chi connectivity index (χ4v) is 3.33. The van der Waals surface area contributed by atoms with E-state index in [4.69, 9.17) is 14.2 Å². The molecule has 0 N–H and O–H groups in total. The summed E-state index contributed by atoms with van der Waals surface area (Å²) in [4.78, 5) is 24.3. The van der Waals surface area contributed by atoms with E-state index in [1.807, 2.05) is 32.9 Å². The third-order valence-corrected chi connectivity index (χ3v) is 4.75. The van der Waals surface area contributed by atoms with Gasteiger partial charge in [0.25, 0.3) is 0 Å². The molecule has 1 aliphatic heterocycles. The summed E-state index contributed by atoms with van der Waals surface area (Å²) in [7, 11) is 2.86. The predicted molar refractivity (Wildman–Crippen MR) is 100 cm³/mol. The van der Waals surface area contributed by atoms with Gasteiger partial charge in [-0.15, -0.1) is 0 Å². The van der Waals surface area contributed by atoms with E-state index in [0.717, 1.165) is 37.0 Å². The van der Waals surface area contributed by atoms with Crippen LogP contribution in [0.15, 0.2) is 18.2 Å². The summed E-state index contributed by atoms with van der Waals surface area (Å²) < 4.78 is 18.8. The lowest BCUT2D eigenvalue weighted by Crippen LogP contribution is -2.33. The highest BCUT2D eigenvalue weighted by molar-refractivity contribution is 7.95. The molecule has 2 amide bonds. The minimum atomic E-state index is -0.595. The second-order valence-corrected chi connectivity index (χ2v) is 7.81. The smallest absolute Gasteiger partial charge is 0.426 e. The lowest BCUT2D eigenvalue weighted by Gasteiger charge is -2.24. The second-order valence-electron chi connectivity index (χ2n) is 6.66. The van der Waals surface area contributed by atoms with Gasteiger partial charge in [0.15, 0.2) is 11.5 Å². The number of rotatable bonds is 6. The maximum atomic E-state index is 12.4. The van der Waals surface area contributed by atoms with Gasteiger partial charge in [-0.2, -0.15) is 0 Å². The minimum Gasteiger partial charge on any atom is -0.483 e. The highest BCUT2D eigenvalue weighted by Gasteiger charge is 2.33. The maximum absolute atomic E-state index is 12.4. The fraction of sp³-hybridized carbons (Fsp3) is 0.556. The van der Waals surface area contributed by atoms with Crippen LogP contribution in [0.3, 0.4) is 0 Å². The van der Waals surface area contributed by atoms with Gasteiger partial charge in [-0.25, -0.2) is 18.2 Å². The number of unbranched alkanes of at least 4 members (excludes halogenated alkanes) is 1. The van der Waals surface area contributed by atoms with Crippen molar-refractivity contribution in [1.29, 1.82) is 0 Å². The van der Waals surface area contributed by atoms with Crippen LogP contribution in [0.2, 0.25) is 0 Å². The van der Waals surface area contributed by atoms with E-state index in [-0.39, 0.29) is 5.60 Å². The van der Waals surface area contributed by atoms with Crippen LogP contribution in [0, 0.1) is 0 Å². The Hall–Kier alpha value is -2.09. The third-order valence-electron chi connectivity index (χ3n) is 3.82. The van der Waals surface area contributed by atoms with E-state index in [9.17, 15) is 9.59 Å². The van der Waals surface area contributed by atoms with E-state index in [1.165, 1.54) is 15.7 Å². The summed E-state index contributed by atoms with van der Waals surface area (Å²) in [5, 5.41) is 0. The van der Waals surface area contributed by atoms with Crippen molar-refractivity contribution in [2.24, 2.45) is 0 Å². The molecule has 1 heterocycles. The molecule has 26 heavy (non-hydrogen) atoms. The number of methoxy groups -OCH3 is 1. The van der Waals surface area contributed by atoms with Gasteiger partial charge >= 0.3 is 12.2 Å². The number of benzene rings is 1. The third kappa shape index (κ3) is 4.97. The summed E-state index contributed by atoms with van der Waals surface area (Å²) in [6.45, 7) is 6.48. The van der Waals surface area contributed by atoms with Crippen LogP contribution in [0.25, 0.3) is 0 Å². The molecule has 1 aromatic rings.